The lowest BCUT2D eigenvalue weighted by atomic mass is 10.1. The van der Waals surface area contributed by atoms with Crippen molar-refractivity contribution >= 4 is 35.0 Å². The van der Waals surface area contributed by atoms with Gasteiger partial charge in [-0.3, -0.25) is 4.79 Å². The topological polar surface area (TPSA) is 78.7 Å². The largest absolute Gasteiger partial charge is 0.323 e. The number of rotatable bonds is 4. The SMILES string of the molecule is Cc1cc(C)c(C#N)c(SCC(=O)Nc2cccnc2Cl)n1. The van der Waals surface area contributed by atoms with Gasteiger partial charge in [-0.05, 0) is 37.6 Å². The Kier molecular flexibility index (Phi) is 5.36. The predicted molar refractivity (Wildman–Crippen MR) is 87.0 cm³/mol. The first-order valence-electron chi connectivity index (χ1n) is 6.42. The fourth-order valence-electron chi connectivity index (χ4n) is 1.84. The molecule has 0 aromatic carbocycles. The van der Waals surface area contributed by atoms with E-state index in [4.69, 9.17) is 11.6 Å². The Morgan fingerprint density at radius 1 is 1.50 bits per heavy atom. The van der Waals surface area contributed by atoms with Crippen LogP contribution < -0.4 is 5.32 Å². The van der Waals surface area contributed by atoms with Crippen LogP contribution in [0.4, 0.5) is 5.69 Å². The van der Waals surface area contributed by atoms with Crippen LogP contribution in [0.5, 0.6) is 0 Å². The summed E-state index contributed by atoms with van der Waals surface area (Å²) in [5.41, 5.74) is 2.63. The number of amides is 1. The number of anilines is 1. The lowest BCUT2D eigenvalue weighted by Crippen LogP contribution is -2.15. The molecule has 0 bridgehead atoms. The van der Waals surface area contributed by atoms with Crippen molar-refractivity contribution in [2.24, 2.45) is 0 Å². The zero-order chi connectivity index (χ0) is 16.1. The second-order valence-corrected chi connectivity index (χ2v) is 5.87. The number of nitrogens with one attached hydrogen (secondary N) is 1. The lowest BCUT2D eigenvalue weighted by molar-refractivity contribution is -0.113. The molecular formula is C15H13ClN4OS. The maximum atomic E-state index is 12.0. The van der Waals surface area contributed by atoms with Crippen molar-refractivity contribution < 1.29 is 4.79 Å². The molecule has 7 heteroatoms. The Morgan fingerprint density at radius 3 is 2.95 bits per heavy atom. The summed E-state index contributed by atoms with van der Waals surface area (Å²) in [6.45, 7) is 3.71. The third-order valence-corrected chi connectivity index (χ3v) is 4.07. The minimum absolute atomic E-state index is 0.135. The average Bonchev–Trinajstić information content (AvgIpc) is 2.47. The average molecular weight is 333 g/mol. The third kappa shape index (κ3) is 3.97. The molecule has 2 heterocycles. The van der Waals surface area contributed by atoms with Gasteiger partial charge >= 0.3 is 0 Å². The summed E-state index contributed by atoms with van der Waals surface area (Å²) < 4.78 is 0. The molecule has 1 amide bonds. The maximum Gasteiger partial charge on any atom is 0.234 e. The van der Waals surface area contributed by atoms with Crippen LogP contribution in [-0.4, -0.2) is 21.6 Å². The maximum absolute atomic E-state index is 12.0. The van der Waals surface area contributed by atoms with Crippen molar-refractivity contribution in [1.82, 2.24) is 9.97 Å². The van der Waals surface area contributed by atoms with Gasteiger partial charge in [-0.2, -0.15) is 5.26 Å². The van der Waals surface area contributed by atoms with E-state index in [2.05, 4.69) is 21.4 Å². The summed E-state index contributed by atoms with van der Waals surface area (Å²) in [6.07, 6.45) is 1.55. The summed E-state index contributed by atoms with van der Waals surface area (Å²) in [7, 11) is 0. The number of nitrogens with zero attached hydrogens (tertiary/aromatic N) is 3. The quantitative estimate of drug-likeness (QED) is 0.686. The minimum atomic E-state index is -0.232. The zero-order valence-electron chi connectivity index (χ0n) is 12.1. The molecule has 5 nitrogen and oxygen atoms in total. The van der Waals surface area contributed by atoms with E-state index >= 15 is 0 Å². The Labute approximate surface area is 137 Å². The first-order valence-corrected chi connectivity index (χ1v) is 7.79. The molecule has 0 fully saturated rings. The third-order valence-electron chi connectivity index (χ3n) is 2.80. The summed E-state index contributed by atoms with van der Waals surface area (Å²) in [5, 5.41) is 12.7. The second-order valence-electron chi connectivity index (χ2n) is 4.55. The van der Waals surface area contributed by atoms with E-state index in [9.17, 15) is 10.1 Å². The molecule has 0 saturated carbocycles. The minimum Gasteiger partial charge on any atom is -0.323 e. The number of halogens is 1. The predicted octanol–water partition coefficient (Wildman–Crippen LogP) is 3.35. The van der Waals surface area contributed by atoms with E-state index in [1.165, 1.54) is 11.8 Å². The van der Waals surface area contributed by atoms with Crippen LogP contribution in [0.15, 0.2) is 29.4 Å². The highest BCUT2D eigenvalue weighted by molar-refractivity contribution is 8.00. The fraction of sp³-hybridized carbons (Fsp3) is 0.200. The monoisotopic (exact) mass is 332 g/mol. The highest BCUT2D eigenvalue weighted by atomic mass is 35.5. The highest BCUT2D eigenvalue weighted by Crippen LogP contribution is 2.24. The molecule has 0 aliphatic rings. The molecule has 22 heavy (non-hydrogen) atoms. The van der Waals surface area contributed by atoms with Gasteiger partial charge in [-0.1, -0.05) is 23.4 Å². The molecule has 112 valence electrons. The van der Waals surface area contributed by atoms with Crippen molar-refractivity contribution in [3.05, 3.63) is 46.4 Å². The molecule has 2 aromatic heterocycles. The molecule has 2 rings (SSSR count). The van der Waals surface area contributed by atoms with Gasteiger partial charge in [0, 0.05) is 11.9 Å². The van der Waals surface area contributed by atoms with Gasteiger partial charge in [-0.25, -0.2) is 9.97 Å². The Hall–Kier alpha value is -2.10. The van der Waals surface area contributed by atoms with Gasteiger partial charge in [0.15, 0.2) is 5.15 Å². The van der Waals surface area contributed by atoms with Crippen LogP contribution >= 0.6 is 23.4 Å². The van der Waals surface area contributed by atoms with E-state index in [0.717, 1.165) is 11.3 Å². The number of aromatic nitrogens is 2. The summed E-state index contributed by atoms with van der Waals surface area (Å²) in [5.74, 6) is -0.0970. The molecule has 0 unspecified atom stereocenters. The number of carbonyl (C=O) groups excluding carboxylic acids is 1. The standard InChI is InChI=1S/C15H13ClN4OS/c1-9-6-10(2)19-15(11(9)7-17)22-8-13(21)20-12-4-3-5-18-14(12)16/h3-6H,8H2,1-2H3,(H,20,21). The molecular weight excluding hydrogens is 320 g/mol. The van der Waals surface area contributed by atoms with Gasteiger partial charge in [0.25, 0.3) is 0 Å². The number of hydrogen-bond donors (Lipinski definition) is 1. The molecule has 0 radical (unpaired) electrons. The molecule has 0 aliphatic carbocycles. The van der Waals surface area contributed by atoms with Gasteiger partial charge in [0.05, 0.1) is 17.0 Å². The number of carbonyl (C=O) groups is 1. The Bertz CT molecular complexity index is 758. The van der Waals surface area contributed by atoms with Crippen molar-refractivity contribution in [3.63, 3.8) is 0 Å². The van der Waals surface area contributed by atoms with E-state index in [-0.39, 0.29) is 16.8 Å². The number of thioether (sulfide) groups is 1. The first-order chi connectivity index (χ1) is 10.5. The van der Waals surface area contributed by atoms with Crippen LogP contribution in [0.25, 0.3) is 0 Å². The number of hydrogen-bond acceptors (Lipinski definition) is 5. The second kappa shape index (κ2) is 7.25. The number of pyridine rings is 2. The number of nitriles is 1. The van der Waals surface area contributed by atoms with E-state index in [1.807, 2.05) is 19.9 Å². The summed E-state index contributed by atoms with van der Waals surface area (Å²) >= 11 is 7.11. The van der Waals surface area contributed by atoms with Crippen molar-refractivity contribution in [1.29, 1.82) is 5.26 Å². The van der Waals surface area contributed by atoms with Gasteiger partial charge in [0.1, 0.15) is 11.1 Å². The molecule has 0 aliphatic heterocycles. The molecule has 1 N–H and O–H groups in total. The van der Waals surface area contributed by atoms with Crippen LogP contribution in [0.1, 0.15) is 16.8 Å². The Balaban J connectivity index is 2.06. The molecule has 0 spiro atoms. The van der Waals surface area contributed by atoms with E-state index in [0.29, 0.717) is 16.3 Å². The van der Waals surface area contributed by atoms with Crippen LogP contribution in [0.3, 0.4) is 0 Å². The van der Waals surface area contributed by atoms with Crippen molar-refractivity contribution in [2.75, 3.05) is 11.1 Å². The first kappa shape index (κ1) is 16.3. The normalized spacial score (nSPS) is 10.1. The van der Waals surface area contributed by atoms with Crippen LogP contribution in [0, 0.1) is 25.2 Å². The van der Waals surface area contributed by atoms with Gasteiger partial charge in [0.2, 0.25) is 5.91 Å². The van der Waals surface area contributed by atoms with Crippen molar-refractivity contribution in [3.8, 4) is 6.07 Å². The highest BCUT2D eigenvalue weighted by Gasteiger charge is 2.12. The zero-order valence-corrected chi connectivity index (χ0v) is 13.6. The van der Waals surface area contributed by atoms with Crippen molar-refractivity contribution in [2.45, 2.75) is 18.9 Å². The smallest absolute Gasteiger partial charge is 0.234 e. The van der Waals surface area contributed by atoms with Crippen LogP contribution in [0.2, 0.25) is 5.15 Å². The lowest BCUT2D eigenvalue weighted by Gasteiger charge is -2.08. The van der Waals surface area contributed by atoms with Gasteiger partial charge < -0.3 is 5.32 Å². The van der Waals surface area contributed by atoms with Crippen LogP contribution in [-0.2, 0) is 4.79 Å². The van der Waals surface area contributed by atoms with Gasteiger partial charge in [-0.15, -0.1) is 0 Å². The Morgan fingerprint density at radius 2 is 2.27 bits per heavy atom. The summed E-state index contributed by atoms with van der Waals surface area (Å²) in [4.78, 5) is 20.2. The summed E-state index contributed by atoms with van der Waals surface area (Å²) in [6, 6.07) is 7.34. The fourth-order valence-corrected chi connectivity index (χ4v) is 2.91. The van der Waals surface area contributed by atoms with E-state index in [1.54, 1.807) is 18.3 Å². The molecule has 0 saturated heterocycles. The number of aryl methyl sites for hydroxylation is 2. The molecule has 2 aromatic rings. The van der Waals surface area contributed by atoms with E-state index < -0.39 is 0 Å². The molecule has 0 atom stereocenters.